The van der Waals surface area contributed by atoms with Gasteiger partial charge in [0, 0.05) is 63.9 Å². The van der Waals surface area contributed by atoms with E-state index in [9.17, 15) is 93.0 Å². The molecule has 34 heteroatoms. The minimum Gasteiger partial charge on any atom is -0.462 e. The minimum absolute atomic E-state index is 0. The monoisotopic (exact) mass is 1260 g/mol. The van der Waals surface area contributed by atoms with E-state index in [4.69, 9.17) is 4.74 Å². The maximum Gasteiger partial charge on any atom is 0.325 e. The van der Waals surface area contributed by atoms with Gasteiger partial charge < -0.3 is 68.1 Å². The zero-order valence-electron chi connectivity index (χ0n) is 48.7. The number of hydrogen-bond acceptors (Lipinski definition) is 20. The summed E-state index contributed by atoms with van der Waals surface area (Å²) in [6, 6.07) is -11.7. The van der Waals surface area contributed by atoms with Crippen molar-refractivity contribution in [2.24, 2.45) is 5.92 Å². The Bertz CT molecular complexity index is 2300. The van der Waals surface area contributed by atoms with E-state index >= 15 is 0 Å². The summed E-state index contributed by atoms with van der Waals surface area (Å²) in [7, 11) is 0. The summed E-state index contributed by atoms with van der Waals surface area (Å²) in [5, 5.41) is 74.2. The molecule has 13 amide bonds. The van der Waals surface area contributed by atoms with Crippen LogP contribution < -0.4 is 53.2 Å². The number of esters is 1. The molecule has 1 saturated heterocycles. The third kappa shape index (κ3) is 31.9. The van der Waals surface area contributed by atoms with Gasteiger partial charge in [-0.2, -0.15) is 0 Å². The molecule has 0 radical (unpaired) electrons. The first-order valence-electron chi connectivity index (χ1n) is 27.5. The summed E-state index contributed by atoms with van der Waals surface area (Å²) in [4.78, 5) is 184. The third-order valence-electron chi connectivity index (χ3n) is 12.5. The van der Waals surface area contributed by atoms with Crippen molar-refractivity contribution in [3.05, 3.63) is 12.2 Å². The predicted molar refractivity (Wildman–Crippen MR) is 290 cm³/mol. The van der Waals surface area contributed by atoms with Crippen molar-refractivity contribution in [3.8, 4) is 0 Å². The molecule has 0 aromatic carbocycles. The number of carbonyl (C=O) groups excluding carboxylic acids is 14. The summed E-state index contributed by atoms with van der Waals surface area (Å²) in [6.45, 7) is 1.27. The quantitative estimate of drug-likeness (QED) is 0.0114. The van der Waals surface area contributed by atoms with Crippen LogP contribution in [0, 0.1) is 5.92 Å². The molecule has 0 aromatic rings. The molecule has 482 valence electrons. The number of amides is 13. The number of nitrogens with zero attached hydrogens (tertiary/aromatic N) is 3. The normalized spacial score (nSPS) is 21.5. The van der Waals surface area contributed by atoms with Gasteiger partial charge in [0.15, 0.2) is 0 Å². The first kappa shape index (κ1) is 77.6. The fourth-order valence-corrected chi connectivity index (χ4v) is 7.61. The second kappa shape index (κ2) is 42.4. The van der Waals surface area contributed by atoms with E-state index in [0.717, 1.165) is 46.5 Å². The third-order valence-corrected chi connectivity index (χ3v) is 12.5. The number of rotatable bonds is 23. The number of allylic oxidation sites excluding steroid dienone is 1. The Kier molecular flexibility index (Phi) is 38.8. The van der Waals surface area contributed by atoms with Crippen molar-refractivity contribution in [1.82, 2.24) is 68.4 Å². The van der Waals surface area contributed by atoms with E-state index in [1.165, 1.54) is 13.8 Å². The van der Waals surface area contributed by atoms with Crippen LogP contribution in [0.5, 0.6) is 0 Å². The first-order chi connectivity index (χ1) is 39.6. The zero-order valence-corrected chi connectivity index (χ0v) is 49.8. The van der Waals surface area contributed by atoms with Crippen molar-refractivity contribution >= 4 is 82.8 Å². The molecule has 85 heavy (non-hydrogen) atoms. The van der Waals surface area contributed by atoms with E-state index in [-0.39, 0.29) is 81.6 Å². The summed E-state index contributed by atoms with van der Waals surface area (Å²) in [5.74, 6) is -14.8. The van der Waals surface area contributed by atoms with Gasteiger partial charge in [-0.05, 0) is 57.3 Å². The van der Waals surface area contributed by atoms with E-state index in [1.807, 2.05) is 0 Å². The van der Waals surface area contributed by atoms with Crippen LogP contribution in [-0.4, -0.2) is 225 Å². The molecule has 0 bridgehead atoms. The maximum absolute atomic E-state index is 14.0. The second-order valence-corrected chi connectivity index (χ2v) is 19.9. The molecule has 0 aromatic heterocycles. The number of ether oxygens (including phenoxy) is 1. The largest absolute Gasteiger partial charge is 0.462 e. The number of aliphatic hydroxyl groups is 2. The summed E-state index contributed by atoms with van der Waals surface area (Å²) in [6.07, 6.45) is 6.09. The van der Waals surface area contributed by atoms with Gasteiger partial charge in [-0.15, -0.1) is 0 Å². The predicted octanol–water partition coefficient (Wildman–Crippen LogP) is -5.11. The number of hydrogen-bond donors (Lipinski definition) is 15. The molecule has 0 spiro atoms. The van der Waals surface area contributed by atoms with Crippen LogP contribution in [0.15, 0.2) is 12.2 Å². The Labute approximate surface area is 502 Å². The van der Waals surface area contributed by atoms with Gasteiger partial charge >= 0.3 is 5.97 Å². The number of unbranched alkanes of at least 4 members (excludes halogenated alkanes) is 4. The first-order valence-corrected chi connectivity index (χ1v) is 27.5. The van der Waals surface area contributed by atoms with Crippen molar-refractivity contribution in [2.45, 2.75) is 161 Å². The van der Waals surface area contributed by atoms with Crippen molar-refractivity contribution < 1.29 is 115 Å². The molecule has 0 aliphatic carbocycles. The standard InChI is InChI=1S/C51H85N13O20.Fe/c1-7-8-9-10-11-12-13-20-40(70)56-39-29-84-43(73)26-54-45(74)34(17-14-21-62(81)31(4)67)55-41(71)24-53-47(76)37(27-65)59-48(77)36(19-16-23-64(83)33(6)69)58-49(78)38(28-66)60-51(80)44(30(2)3)61-42(72)25-52-46(75)35(57-50(39)79)18-15-22-63(82)32(5)68;/h12-13,30,34-39,44,65-66,81-83H,7-11,14-29H2,1-6H3,(H,52,75)(H,53,76)(H,54,74)(H,55,71)(H,56,70)(H,57,79)(H,58,78)(H,59,77)(H,60,80)(H,61,72);. The van der Waals surface area contributed by atoms with Crippen LogP contribution in [-0.2, 0) is 88.9 Å². The molecule has 33 nitrogen and oxygen atoms in total. The van der Waals surface area contributed by atoms with Crippen LogP contribution in [0.25, 0.3) is 0 Å². The van der Waals surface area contributed by atoms with Gasteiger partial charge in [0.1, 0.15) is 55.4 Å². The Morgan fingerprint density at radius 1 is 0.541 bits per heavy atom. The average Bonchev–Trinajstić information content (AvgIpc) is 3.57. The summed E-state index contributed by atoms with van der Waals surface area (Å²) < 4.78 is 5.28. The molecular formula is C51H85FeN13O20. The van der Waals surface area contributed by atoms with Gasteiger partial charge in [0.05, 0.1) is 26.3 Å². The molecular weight excluding hydrogens is 1170 g/mol. The summed E-state index contributed by atoms with van der Waals surface area (Å²) in [5.41, 5.74) is 0. The molecule has 1 aliphatic heterocycles. The SMILES string of the molecule is CCCCCCC=CCC(=O)NC1COC(=O)CNC(=O)C(CCCN(O)C(C)=O)NC(=O)CNC(=O)C(CO)NC(=O)C(CCCN(O)C(C)=O)NC(=O)C(CO)NC(=O)C(C(C)C)NC(=O)CNC(=O)C(CCCN(O)C(C)=O)NC1=O.[Fe]. The number of cyclic esters (lactones) is 1. The van der Waals surface area contributed by atoms with E-state index < -0.39 is 170 Å². The van der Waals surface area contributed by atoms with Gasteiger partial charge in [-0.3, -0.25) is 82.7 Å². The molecule has 0 saturated carbocycles. The van der Waals surface area contributed by atoms with E-state index in [2.05, 4.69) is 60.1 Å². The van der Waals surface area contributed by atoms with E-state index in [1.54, 1.807) is 12.2 Å². The van der Waals surface area contributed by atoms with Gasteiger partial charge in [0.2, 0.25) is 76.8 Å². The number of hydroxylamine groups is 6. The molecule has 15 N–H and O–H groups in total. The van der Waals surface area contributed by atoms with Crippen LogP contribution in [0.2, 0.25) is 0 Å². The molecule has 7 atom stereocenters. The van der Waals surface area contributed by atoms with Crippen LogP contribution >= 0.6 is 0 Å². The molecule has 1 fully saturated rings. The minimum atomic E-state index is -1.84. The number of nitrogens with one attached hydrogen (secondary N) is 10. The van der Waals surface area contributed by atoms with Gasteiger partial charge in [-0.1, -0.05) is 52.2 Å². The topological polar surface area (TPSA) is 479 Å². The van der Waals surface area contributed by atoms with Crippen LogP contribution in [0.4, 0.5) is 0 Å². The van der Waals surface area contributed by atoms with Crippen molar-refractivity contribution in [1.29, 1.82) is 0 Å². The van der Waals surface area contributed by atoms with Gasteiger partial charge in [0.25, 0.3) is 0 Å². The number of carbonyl (C=O) groups is 14. The summed E-state index contributed by atoms with van der Waals surface area (Å²) >= 11 is 0. The fraction of sp³-hybridized carbons (Fsp3) is 0.686. The Hall–Kier alpha value is -7.36. The molecule has 7 unspecified atom stereocenters. The molecule has 1 heterocycles. The Morgan fingerprint density at radius 3 is 1.44 bits per heavy atom. The molecule has 1 aliphatic rings. The van der Waals surface area contributed by atoms with Crippen molar-refractivity contribution in [2.75, 3.05) is 59.1 Å². The maximum atomic E-state index is 14.0. The van der Waals surface area contributed by atoms with E-state index in [0.29, 0.717) is 21.6 Å². The molecule has 1 rings (SSSR count). The van der Waals surface area contributed by atoms with Crippen LogP contribution in [0.3, 0.4) is 0 Å². The fourth-order valence-electron chi connectivity index (χ4n) is 7.61. The zero-order chi connectivity index (χ0) is 63.5. The average molecular weight is 1260 g/mol. The Morgan fingerprint density at radius 2 is 0.953 bits per heavy atom. The number of aliphatic hydroxyl groups excluding tert-OH is 2. The van der Waals surface area contributed by atoms with Crippen LogP contribution in [0.1, 0.15) is 119 Å². The van der Waals surface area contributed by atoms with Gasteiger partial charge in [-0.25, -0.2) is 15.2 Å². The second-order valence-electron chi connectivity index (χ2n) is 19.9. The van der Waals surface area contributed by atoms with Crippen molar-refractivity contribution in [3.63, 3.8) is 0 Å². The Balaban J connectivity index is 0.0000706. The smallest absolute Gasteiger partial charge is 0.325 e.